The van der Waals surface area contributed by atoms with Crippen LogP contribution in [0.3, 0.4) is 0 Å². The van der Waals surface area contributed by atoms with Gasteiger partial charge in [-0.2, -0.15) is 4.98 Å². The second kappa shape index (κ2) is 10.2. The average Bonchev–Trinajstić information content (AvgIpc) is 3.19. The molecule has 12 heteroatoms. The Labute approximate surface area is 206 Å². The van der Waals surface area contributed by atoms with Gasteiger partial charge in [0.05, 0.1) is 12.3 Å². The summed E-state index contributed by atoms with van der Waals surface area (Å²) in [5, 5.41) is 25.7. The summed E-state index contributed by atoms with van der Waals surface area (Å²) in [7, 11) is 0. The van der Waals surface area contributed by atoms with E-state index in [0.717, 1.165) is 25.7 Å². The molecule has 36 heavy (non-hydrogen) atoms. The van der Waals surface area contributed by atoms with Gasteiger partial charge in [-0.25, -0.2) is 23.1 Å². The number of fused-ring (bicyclic) bond motifs is 1. The Kier molecular flexibility index (Phi) is 7.00. The number of nitrogens with zero attached hydrogens (tertiary/aromatic N) is 4. The monoisotopic (exact) mass is 505 g/mol. The van der Waals surface area contributed by atoms with Crippen LogP contribution in [-0.4, -0.2) is 48.1 Å². The molecule has 0 aliphatic heterocycles. The number of hydrogen-bond acceptors (Lipinski definition) is 8. The van der Waals surface area contributed by atoms with Crippen LogP contribution in [0.4, 0.5) is 30.8 Å². The van der Waals surface area contributed by atoms with Gasteiger partial charge in [0.15, 0.2) is 17.3 Å². The molecule has 2 saturated carbocycles. The lowest BCUT2D eigenvalue weighted by Gasteiger charge is -2.30. The fourth-order valence-electron chi connectivity index (χ4n) is 5.27. The number of halogens is 3. The highest BCUT2D eigenvalue weighted by molar-refractivity contribution is 5.76. The molecule has 0 amide bonds. The molecule has 0 spiro atoms. The molecule has 3 aromatic rings. The maximum atomic E-state index is 14.4. The number of nitrogens with one attached hydrogen (secondary N) is 2. The minimum absolute atomic E-state index is 0.0791. The minimum Gasteiger partial charge on any atom is -0.393 e. The van der Waals surface area contributed by atoms with Gasteiger partial charge < -0.3 is 26.6 Å². The second-order valence-corrected chi connectivity index (χ2v) is 9.79. The SMILES string of the molecule is NC(O)C1CCC(Nc2ncc3nc(Nc4c(F)cc(F)cc4F)n(C4CCC(O)CC4)c3n2)CC1. The normalized spacial score (nSPS) is 25.6. The number of imidazole rings is 1. The zero-order valence-electron chi connectivity index (χ0n) is 19.7. The molecule has 9 nitrogen and oxygen atoms in total. The highest BCUT2D eigenvalue weighted by Crippen LogP contribution is 2.36. The fourth-order valence-corrected chi connectivity index (χ4v) is 5.27. The highest BCUT2D eigenvalue weighted by Gasteiger charge is 2.28. The Bertz CT molecular complexity index is 1200. The summed E-state index contributed by atoms with van der Waals surface area (Å²) >= 11 is 0. The van der Waals surface area contributed by atoms with Crippen LogP contribution < -0.4 is 16.4 Å². The number of aliphatic hydroxyl groups is 2. The zero-order valence-corrected chi connectivity index (χ0v) is 19.7. The van der Waals surface area contributed by atoms with E-state index in [2.05, 4.69) is 20.6 Å². The zero-order chi connectivity index (χ0) is 25.4. The third-order valence-corrected chi connectivity index (χ3v) is 7.30. The maximum absolute atomic E-state index is 14.4. The van der Waals surface area contributed by atoms with E-state index in [9.17, 15) is 23.4 Å². The molecular formula is C24H30F3N7O2. The summed E-state index contributed by atoms with van der Waals surface area (Å²) in [6, 6.07) is 1.22. The van der Waals surface area contributed by atoms with Gasteiger partial charge in [0.1, 0.15) is 23.2 Å². The van der Waals surface area contributed by atoms with Crippen LogP contribution in [0.15, 0.2) is 18.3 Å². The fraction of sp³-hybridized carbons (Fsp3) is 0.542. The van der Waals surface area contributed by atoms with Crippen molar-refractivity contribution in [1.29, 1.82) is 0 Å². The largest absolute Gasteiger partial charge is 0.393 e. The van der Waals surface area contributed by atoms with Crippen molar-refractivity contribution in [2.24, 2.45) is 11.7 Å². The first-order valence-corrected chi connectivity index (χ1v) is 12.3. The molecular weight excluding hydrogens is 475 g/mol. The van der Waals surface area contributed by atoms with Crippen molar-refractivity contribution < 1.29 is 23.4 Å². The van der Waals surface area contributed by atoms with Crippen molar-refractivity contribution in [1.82, 2.24) is 19.5 Å². The van der Waals surface area contributed by atoms with Crippen molar-refractivity contribution in [2.75, 3.05) is 10.6 Å². The summed E-state index contributed by atoms with van der Waals surface area (Å²) in [5.74, 6) is -2.51. The summed E-state index contributed by atoms with van der Waals surface area (Å²) in [6.45, 7) is 0. The molecule has 0 bridgehead atoms. The quantitative estimate of drug-likeness (QED) is 0.320. The molecule has 0 saturated heterocycles. The van der Waals surface area contributed by atoms with Crippen LogP contribution in [-0.2, 0) is 0 Å². The van der Waals surface area contributed by atoms with Crippen LogP contribution in [0.1, 0.15) is 57.4 Å². The molecule has 1 aromatic carbocycles. The Hall–Kier alpha value is -2.96. The Balaban J connectivity index is 1.46. The average molecular weight is 506 g/mol. The topological polar surface area (TPSA) is 134 Å². The number of anilines is 3. The van der Waals surface area contributed by atoms with E-state index in [1.165, 1.54) is 0 Å². The molecule has 194 valence electrons. The van der Waals surface area contributed by atoms with E-state index < -0.39 is 35.5 Å². The van der Waals surface area contributed by atoms with Gasteiger partial charge in [-0.1, -0.05) is 0 Å². The lowest BCUT2D eigenvalue weighted by Crippen LogP contribution is -2.36. The number of hydrogen-bond donors (Lipinski definition) is 5. The molecule has 2 aromatic heterocycles. The predicted molar refractivity (Wildman–Crippen MR) is 128 cm³/mol. The summed E-state index contributed by atoms with van der Waals surface area (Å²) in [6.07, 6.45) is 5.98. The first-order chi connectivity index (χ1) is 17.3. The van der Waals surface area contributed by atoms with Crippen LogP contribution in [0.5, 0.6) is 0 Å². The molecule has 2 fully saturated rings. The lowest BCUT2D eigenvalue weighted by atomic mass is 9.85. The van der Waals surface area contributed by atoms with Crippen molar-refractivity contribution in [3.8, 4) is 0 Å². The van der Waals surface area contributed by atoms with Gasteiger partial charge in [-0.3, -0.25) is 4.57 Å². The highest BCUT2D eigenvalue weighted by atomic mass is 19.1. The van der Waals surface area contributed by atoms with E-state index in [4.69, 9.17) is 10.7 Å². The standard InChI is InChI=1S/C24H30F3N7O2/c25-13-9-17(26)20(18(27)10-13)32-24-31-19-11-29-23(30-14-3-1-12(2-4-14)21(28)36)33-22(19)34(24)15-5-7-16(35)8-6-15/h9-12,14-16,21,35-36H,1-8,28H2,(H,31,32)(H,29,30,33). The lowest BCUT2D eigenvalue weighted by molar-refractivity contribution is 0.0884. The first kappa shape index (κ1) is 24.7. The predicted octanol–water partition coefficient (Wildman–Crippen LogP) is 3.71. The number of benzene rings is 1. The number of nitrogens with two attached hydrogens (primary N) is 1. The molecule has 6 N–H and O–H groups in total. The van der Waals surface area contributed by atoms with Crippen LogP contribution >= 0.6 is 0 Å². The first-order valence-electron chi connectivity index (χ1n) is 12.3. The van der Waals surface area contributed by atoms with Gasteiger partial charge >= 0.3 is 0 Å². The van der Waals surface area contributed by atoms with Gasteiger partial charge in [-0.15, -0.1) is 0 Å². The Morgan fingerprint density at radius 2 is 1.64 bits per heavy atom. The maximum Gasteiger partial charge on any atom is 0.224 e. The van der Waals surface area contributed by atoms with Crippen molar-refractivity contribution in [3.05, 3.63) is 35.8 Å². The van der Waals surface area contributed by atoms with Crippen molar-refractivity contribution >= 4 is 28.7 Å². The van der Waals surface area contributed by atoms with E-state index in [0.29, 0.717) is 54.9 Å². The molecule has 2 aliphatic rings. The van der Waals surface area contributed by atoms with E-state index >= 15 is 0 Å². The van der Waals surface area contributed by atoms with Gasteiger partial charge in [0, 0.05) is 24.2 Å². The Morgan fingerprint density at radius 1 is 0.972 bits per heavy atom. The third-order valence-electron chi connectivity index (χ3n) is 7.30. The van der Waals surface area contributed by atoms with Crippen LogP contribution in [0.2, 0.25) is 0 Å². The third kappa shape index (κ3) is 5.11. The number of rotatable bonds is 6. The minimum atomic E-state index is -1.07. The van der Waals surface area contributed by atoms with E-state index in [-0.39, 0.29) is 23.9 Å². The van der Waals surface area contributed by atoms with Crippen LogP contribution in [0.25, 0.3) is 11.2 Å². The molecule has 5 rings (SSSR count). The Morgan fingerprint density at radius 3 is 2.28 bits per heavy atom. The molecule has 0 radical (unpaired) electrons. The van der Waals surface area contributed by atoms with E-state index in [1.807, 2.05) is 0 Å². The molecule has 1 atom stereocenters. The molecule has 2 heterocycles. The van der Waals surface area contributed by atoms with E-state index in [1.54, 1.807) is 10.8 Å². The number of aromatic nitrogens is 4. The smallest absolute Gasteiger partial charge is 0.224 e. The van der Waals surface area contributed by atoms with Crippen molar-refractivity contribution in [3.63, 3.8) is 0 Å². The van der Waals surface area contributed by atoms with Gasteiger partial charge in [0.25, 0.3) is 0 Å². The molecule has 1 unspecified atom stereocenters. The van der Waals surface area contributed by atoms with Gasteiger partial charge in [0.2, 0.25) is 11.9 Å². The summed E-state index contributed by atoms with van der Waals surface area (Å²) in [5.41, 5.74) is 6.04. The van der Waals surface area contributed by atoms with Crippen molar-refractivity contribution in [2.45, 2.75) is 75.8 Å². The number of aliphatic hydroxyl groups excluding tert-OH is 2. The van der Waals surface area contributed by atoms with Gasteiger partial charge in [-0.05, 0) is 57.3 Å². The van der Waals surface area contributed by atoms with Crippen LogP contribution in [0, 0.1) is 23.4 Å². The summed E-state index contributed by atoms with van der Waals surface area (Å²) < 4.78 is 44.0. The molecule has 2 aliphatic carbocycles. The summed E-state index contributed by atoms with van der Waals surface area (Å²) in [4.78, 5) is 13.6. The second-order valence-electron chi connectivity index (χ2n) is 9.79.